The molecule has 3 heteroatoms. The minimum absolute atomic E-state index is 0.00609. The van der Waals surface area contributed by atoms with Crippen LogP contribution in [0.2, 0.25) is 0 Å². The number of nitrogens with zero attached hydrogens (tertiary/aromatic N) is 3. The van der Waals surface area contributed by atoms with E-state index in [0.29, 0.717) is 0 Å². The Morgan fingerprint density at radius 2 is 1.54 bits per heavy atom. The molecular weight excluding hydrogens is 474 g/mol. The van der Waals surface area contributed by atoms with Gasteiger partial charge in [-0.15, -0.1) is 0 Å². The van der Waals surface area contributed by atoms with Gasteiger partial charge in [-0.25, -0.2) is 4.52 Å². The summed E-state index contributed by atoms with van der Waals surface area (Å²) in [6, 6.07) is 20.7. The number of benzene rings is 2. The highest BCUT2D eigenvalue weighted by Gasteiger charge is 2.75. The van der Waals surface area contributed by atoms with Crippen LogP contribution in [-0.4, -0.2) is 15.2 Å². The predicted octanol–water partition coefficient (Wildman–Crippen LogP) is 9.14. The molecule has 5 aliphatic rings. The molecule has 0 bridgehead atoms. The van der Waals surface area contributed by atoms with Gasteiger partial charge in [0.15, 0.2) is 0 Å². The first-order chi connectivity index (χ1) is 19.3. The molecule has 39 heavy (non-hydrogen) atoms. The quantitative estimate of drug-likeness (QED) is 0.273. The molecule has 0 radical (unpaired) electrons. The summed E-state index contributed by atoms with van der Waals surface area (Å²) < 4.78 is 2.15. The van der Waals surface area contributed by atoms with Crippen molar-refractivity contribution >= 4 is 27.8 Å². The molecule has 0 amide bonds. The average molecular weight is 512 g/mol. The zero-order chi connectivity index (χ0) is 25.6. The summed E-state index contributed by atoms with van der Waals surface area (Å²) in [7, 11) is 0. The lowest BCUT2D eigenvalue weighted by molar-refractivity contribution is 0.405. The molecule has 3 nitrogen and oxygen atoms in total. The molecular formula is C36H37N3. The minimum atomic E-state index is -0.00609. The Morgan fingerprint density at radius 1 is 0.744 bits per heavy atom. The zero-order valence-corrected chi connectivity index (χ0v) is 22.8. The van der Waals surface area contributed by atoms with Crippen molar-refractivity contribution in [2.45, 2.75) is 87.5 Å². The summed E-state index contributed by atoms with van der Waals surface area (Å²) >= 11 is 0. The third-order valence-corrected chi connectivity index (χ3v) is 11.1. The molecule has 2 atom stereocenters. The molecule has 2 aromatic heterocycles. The lowest BCUT2D eigenvalue weighted by Crippen LogP contribution is -2.34. The van der Waals surface area contributed by atoms with Gasteiger partial charge >= 0.3 is 0 Å². The fraction of sp³-hybridized carbons (Fsp3) is 0.417. The SMILES string of the molecule is C1=CC23CC2(C=C1C1CCCCC1)c1cc(C2CCCCC2)ccc1N3c1cnn2c1ccc1ccccc12. The molecule has 3 fully saturated rings. The van der Waals surface area contributed by atoms with Crippen LogP contribution in [0.4, 0.5) is 11.4 Å². The van der Waals surface area contributed by atoms with Crippen LogP contribution in [0.15, 0.2) is 84.6 Å². The first-order valence-electron chi connectivity index (χ1n) is 15.5. The third kappa shape index (κ3) is 3.02. The first kappa shape index (κ1) is 22.5. The number of pyridine rings is 1. The summed E-state index contributed by atoms with van der Waals surface area (Å²) in [5.74, 6) is 1.47. The van der Waals surface area contributed by atoms with Crippen LogP contribution in [0, 0.1) is 5.92 Å². The normalized spacial score (nSPS) is 28.4. The van der Waals surface area contributed by atoms with Gasteiger partial charge in [-0.05, 0) is 78.8 Å². The summed E-state index contributed by atoms with van der Waals surface area (Å²) in [5.41, 5.74) is 9.87. The van der Waals surface area contributed by atoms with Crippen molar-refractivity contribution in [3.63, 3.8) is 0 Å². The van der Waals surface area contributed by atoms with Crippen LogP contribution in [0.3, 0.4) is 0 Å². The smallest absolute Gasteiger partial charge is 0.0906 e. The molecule has 4 aromatic rings. The molecule has 1 aliphatic heterocycles. The van der Waals surface area contributed by atoms with Crippen molar-refractivity contribution in [3.8, 4) is 0 Å². The van der Waals surface area contributed by atoms with Crippen LogP contribution in [-0.2, 0) is 5.41 Å². The van der Waals surface area contributed by atoms with E-state index >= 15 is 0 Å². The van der Waals surface area contributed by atoms with E-state index in [1.165, 1.54) is 98.4 Å². The summed E-state index contributed by atoms with van der Waals surface area (Å²) in [6.45, 7) is 0. The Morgan fingerprint density at radius 3 is 2.38 bits per heavy atom. The number of para-hydroxylation sites is 1. The topological polar surface area (TPSA) is 20.5 Å². The standard InChI is InChI=1S/C36H37N3/c1-3-9-25(10-4-1)28-16-17-32-30(21-28)35-22-29(26-11-5-2-6-12-26)19-20-36(35,24-35)38(32)34-23-37-39-31-14-8-7-13-27(31)15-18-33(34)39/h7-8,13-23,25-26H,1-6,9-12,24H2. The maximum Gasteiger partial charge on any atom is 0.0906 e. The van der Waals surface area contributed by atoms with E-state index in [1.54, 1.807) is 16.7 Å². The Kier molecular flexibility index (Phi) is 4.67. The maximum absolute atomic E-state index is 4.96. The van der Waals surface area contributed by atoms with Crippen LogP contribution in [0.1, 0.15) is 87.7 Å². The van der Waals surface area contributed by atoms with Crippen LogP contribution >= 0.6 is 0 Å². The number of hydrogen-bond donors (Lipinski definition) is 0. The predicted molar refractivity (Wildman–Crippen MR) is 160 cm³/mol. The number of anilines is 2. The van der Waals surface area contributed by atoms with E-state index in [4.69, 9.17) is 5.10 Å². The fourth-order valence-electron chi connectivity index (χ4n) is 9.00. The zero-order valence-electron chi connectivity index (χ0n) is 22.8. The van der Waals surface area contributed by atoms with Gasteiger partial charge in [0.05, 0.1) is 28.5 Å². The van der Waals surface area contributed by atoms with Gasteiger partial charge in [-0.1, -0.05) is 93.2 Å². The molecule has 9 rings (SSSR count). The van der Waals surface area contributed by atoms with Gasteiger partial charge in [-0.2, -0.15) is 5.10 Å². The van der Waals surface area contributed by atoms with Crippen molar-refractivity contribution in [2.75, 3.05) is 4.90 Å². The Hall–Kier alpha value is -3.33. The second-order valence-corrected chi connectivity index (χ2v) is 13.1. The van der Waals surface area contributed by atoms with E-state index < -0.39 is 0 Å². The van der Waals surface area contributed by atoms with Gasteiger partial charge in [0.2, 0.25) is 0 Å². The van der Waals surface area contributed by atoms with Crippen molar-refractivity contribution in [3.05, 3.63) is 95.7 Å². The maximum atomic E-state index is 4.96. The second kappa shape index (κ2) is 8.10. The highest BCUT2D eigenvalue weighted by atomic mass is 15.3. The van der Waals surface area contributed by atoms with Crippen LogP contribution < -0.4 is 4.90 Å². The molecule has 0 N–H and O–H groups in total. The molecule has 196 valence electrons. The molecule has 3 heterocycles. The van der Waals surface area contributed by atoms with Gasteiger partial charge in [-0.3, -0.25) is 0 Å². The Balaban J connectivity index is 1.22. The molecule has 0 spiro atoms. The molecule has 2 aromatic carbocycles. The molecule has 4 aliphatic carbocycles. The molecule has 3 saturated carbocycles. The largest absolute Gasteiger partial charge is 0.327 e. The third-order valence-electron chi connectivity index (χ3n) is 11.1. The Bertz CT molecular complexity index is 1680. The highest BCUT2D eigenvalue weighted by molar-refractivity contribution is 5.93. The van der Waals surface area contributed by atoms with Crippen LogP contribution in [0.25, 0.3) is 16.4 Å². The van der Waals surface area contributed by atoms with Crippen molar-refractivity contribution in [1.82, 2.24) is 9.61 Å². The number of aromatic nitrogens is 2. The second-order valence-electron chi connectivity index (χ2n) is 13.1. The van der Waals surface area contributed by atoms with Crippen molar-refractivity contribution < 1.29 is 0 Å². The summed E-state index contributed by atoms with van der Waals surface area (Å²) in [6.07, 6.45) is 24.9. The van der Waals surface area contributed by atoms with E-state index in [2.05, 4.69) is 88.4 Å². The number of fused-ring (bicyclic) bond motifs is 4. The summed E-state index contributed by atoms with van der Waals surface area (Å²) in [5, 5.41) is 6.20. The van der Waals surface area contributed by atoms with Crippen molar-refractivity contribution in [2.24, 2.45) is 5.92 Å². The van der Waals surface area contributed by atoms with Gasteiger partial charge in [0.1, 0.15) is 0 Å². The fourth-order valence-corrected chi connectivity index (χ4v) is 9.00. The minimum Gasteiger partial charge on any atom is -0.327 e. The first-order valence-corrected chi connectivity index (χ1v) is 15.5. The van der Waals surface area contributed by atoms with Gasteiger partial charge in [0.25, 0.3) is 0 Å². The molecule has 0 saturated heterocycles. The van der Waals surface area contributed by atoms with Crippen molar-refractivity contribution in [1.29, 1.82) is 0 Å². The van der Waals surface area contributed by atoms with E-state index in [-0.39, 0.29) is 11.0 Å². The number of hydrogen-bond acceptors (Lipinski definition) is 2. The van der Waals surface area contributed by atoms with E-state index in [0.717, 1.165) is 11.8 Å². The summed E-state index contributed by atoms with van der Waals surface area (Å²) in [4.78, 5) is 2.68. The lowest BCUT2D eigenvalue weighted by atomic mass is 9.77. The average Bonchev–Trinajstić information content (AvgIpc) is 3.41. The number of allylic oxidation sites excluding steroid dienone is 2. The Labute approximate surface area is 231 Å². The number of rotatable bonds is 3. The van der Waals surface area contributed by atoms with E-state index in [1.807, 2.05) is 0 Å². The molecule has 2 unspecified atom stereocenters. The monoisotopic (exact) mass is 511 g/mol. The van der Waals surface area contributed by atoms with Gasteiger partial charge in [0, 0.05) is 16.5 Å². The van der Waals surface area contributed by atoms with Gasteiger partial charge < -0.3 is 4.90 Å². The highest BCUT2D eigenvalue weighted by Crippen LogP contribution is 2.74. The lowest BCUT2D eigenvalue weighted by Gasteiger charge is -2.32. The van der Waals surface area contributed by atoms with Crippen LogP contribution in [0.5, 0.6) is 0 Å². The van der Waals surface area contributed by atoms with E-state index in [9.17, 15) is 0 Å².